The molecule has 2 nitrogen and oxygen atoms in total. The van der Waals surface area contributed by atoms with Crippen molar-refractivity contribution in [3.63, 3.8) is 0 Å². The maximum absolute atomic E-state index is 11.3. The predicted octanol–water partition coefficient (Wildman–Crippen LogP) is -0.924. The minimum atomic E-state index is 0.351. The first kappa shape index (κ1) is 6.41. The first-order valence-electron chi connectivity index (χ1n) is 3.61. The van der Waals surface area contributed by atoms with Crippen LogP contribution in [0.5, 0.6) is 0 Å². The third-order valence-electron chi connectivity index (χ3n) is 2.42. The summed E-state index contributed by atoms with van der Waals surface area (Å²) in [6.07, 6.45) is 2.42. The van der Waals surface area contributed by atoms with Crippen molar-refractivity contribution in [3.8, 4) is 0 Å². The fourth-order valence-corrected chi connectivity index (χ4v) is 1.76. The van der Waals surface area contributed by atoms with Crippen molar-refractivity contribution >= 4 is 13.8 Å². The molecular weight excluding hydrogens is 125 g/mol. The van der Waals surface area contributed by atoms with Crippen LogP contribution in [0.4, 0.5) is 0 Å². The molecule has 0 amide bonds. The molecule has 0 N–H and O–H groups in total. The predicted molar refractivity (Wildman–Crippen MR) is 42.5 cm³/mol. The summed E-state index contributed by atoms with van der Waals surface area (Å²) < 4.78 is 1.27. The second-order valence-corrected chi connectivity index (χ2v) is 3.02. The highest BCUT2D eigenvalue weighted by Crippen LogP contribution is 2.28. The van der Waals surface area contributed by atoms with Gasteiger partial charge in [-0.2, -0.15) is 0 Å². The van der Waals surface area contributed by atoms with E-state index in [0.717, 1.165) is 6.54 Å². The normalized spacial score (nSPS) is 46.1. The molecule has 0 aromatic heterocycles. The van der Waals surface area contributed by atoms with Crippen LogP contribution in [0, 0.1) is 5.92 Å². The average Bonchev–Trinajstić information content (AvgIpc) is 1.87. The summed E-state index contributed by atoms with van der Waals surface area (Å²) in [5, 5.41) is 0. The molecule has 0 atom stereocenters. The van der Waals surface area contributed by atoms with E-state index in [1.54, 1.807) is 0 Å². The van der Waals surface area contributed by atoms with Gasteiger partial charge in [0.1, 0.15) is 0 Å². The second-order valence-electron chi connectivity index (χ2n) is 3.02. The number of Topliss-reactive ketones (excluding diaryl/α,β-unsaturated/α-hetero) is 1. The van der Waals surface area contributed by atoms with Gasteiger partial charge in [0.15, 0.2) is 13.8 Å². The molecule has 0 saturated carbocycles. The molecule has 3 fully saturated rings. The number of hydrogen-bond donors (Lipinski definition) is 0. The molecule has 0 spiro atoms. The zero-order chi connectivity index (χ0) is 7.19. The molecule has 0 unspecified atom stereocenters. The van der Waals surface area contributed by atoms with Crippen molar-refractivity contribution in [3.05, 3.63) is 0 Å². The molecular formula is C7H14BNO. The van der Waals surface area contributed by atoms with E-state index in [9.17, 15) is 4.79 Å². The largest absolute Gasteiger partial charge is 0.516 e. The molecule has 3 saturated heterocycles. The van der Waals surface area contributed by atoms with Crippen LogP contribution in [0.25, 0.3) is 0 Å². The Kier molecular flexibility index (Phi) is 1.18. The van der Waals surface area contributed by atoms with Gasteiger partial charge in [-0.1, -0.05) is 0 Å². The zero-order valence-electron chi connectivity index (χ0n) is 5.47. The number of carbonyl (C=O) groups is 1. The minimum Gasteiger partial charge on any atom is -0.516 e. The van der Waals surface area contributed by atoms with Crippen molar-refractivity contribution < 1.29 is 9.19 Å². The Morgan fingerprint density at radius 2 is 2.00 bits per heavy atom. The van der Waals surface area contributed by atoms with Crippen molar-refractivity contribution in [1.82, 2.24) is 0 Å². The topological polar surface area (TPSA) is 17.1 Å². The third kappa shape index (κ3) is 0.805. The first-order valence-corrected chi connectivity index (χ1v) is 3.61. The summed E-state index contributed by atoms with van der Waals surface area (Å²) >= 11 is 0. The maximum atomic E-state index is 11.3. The number of quaternary nitrogens is 1. The number of rotatable bonds is 0. The van der Waals surface area contributed by atoms with Gasteiger partial charge >= 0.3 is 0 Å². The van der Waals surface area contributed by atoms with Crippen molar-refractivity contribution in [2.75, 3.05) is 19.6 Å². The van der Waals surface area contributed by atoms with Crippen LogP contribution in [-0.2, 0) is 4.79 Å². The Morgan fingerprint density at radius 3 is 2.30 bits per heavy atom. The van der Waals surface area contributed by atoms with E-state index in [1.807, 2.05) is 0 Å². The Bertz CT molecular complexity index is 172. The van der Waals surface area contributed by atoms with E-state index in [4.69, 9.17) is 0 Å². The molecule has 2 bridgehead atoms. The second kappa shape index (κ2) is 1.85. The SMILES string of the molecule is [BH3-][N+]12CCC(CC1)C(=O)C2. The summed E-state index contributed by atoms with van der Waals surface area (Å²) in [5.41, 5.74) is 0. The molecule has 56 valence electrons. The fraction of sp³-hybridized carbons (Fsp3) is 0.857. The molecule has 3 aliphatic heterocycles. The summed E-state index contributed by atoms with van der Waals surface area (Å²) in [6, 6.07) is 0. The third-order valence-corrected chi connectivity index (χ3v) is 2.42. The smallest absolute Gasteiger partial charge is 0.186 e. The lowest BCUT2D eigenvalue weighted by atomic mass is 9.82. The van der Waals surface area contributed by atoms with Crippen molar-refractivity contribution in [1.29, 1.82) is 0 Å². The van der Waals surface area contributed by atoms with Crippen LogP contribution >= 0.6 is 0 Å². The summed E-state index contributed by atoms with van der Waals surface area (Å²) in [7, 11) is 0.351. The van der Waals surface area contributed by atoms with Crippen LogP contribution < -0.4 is 0 Å². The Labute approximate surface area is 62.2 Å². The summed E-state index contributed by atoms with van der Waals surface area (Å²) in [6.45, 7) is 3.61. The number of fused-ring (bicyclic) bond motifs is 3. The quantitative estimate of drug-likeness (QED) is 0.396. The number of carbonyl (C=O) groups excluding carboxylic acids is 1. The number of hydrogen-bond acceptors (Lipinski definition) is 1. The van der Waals surface area contributed by atoms with Crippen LogP contribution in [-0.4, -0.2) is 37.8 Å². The lowest BCUT2D eigenvalue weighted by Crippen LogP contribution is -2.60. The Morgan fingerprint density at radius 1 is 1.40 bits per heavy atom. The van der Waals surface area contributed by atoms with E-state index in [0.29, 0.717) is 19.7 Å². The summed E-state index contributed by atoms with van der Waals surface area (Å²) in [5.74, 6) is 1.06. The monoisotopic (exact) mass is 139 g/mol. The molecule has 3 heterocycles. The lowest BCUT2D eigenvalue weighted by Gasteiger charge is -2.52. The summed E-state index contributed by atoms with van der Waals surface area (Å²) in [4.78, 5) is 11.3. The standard InChI is InChI=1S/C7H14BNO/c8-9-3-1-6(2-4-9)7(10)5-9/h6H,1-5H2,8H3. The van der Waals surface area contributed by atoms with Gasteiger partial charge in [-0.15, -0.1) is 0 Å². The molecule has 3 aliphatic rings. The van der Waals surface area contributed by atoms with Gasteiger partial charge < -0.3 is 4.39 Å². The lowest BCUT2D eigenvalue weighted by molar-refractivity contribution is -0.821. The van der Waals surface area contributed by atoms with Gasteiger partial charge in [-0.05, 0) is 0 Å². The van der Waals surface area contributed by atoms with E-state index < -0.39 is 0 Å². The highest BCUT2D eigenvalue weighted by atomic mass is 16.1. The molecule has 10 heavy (non-hydrogen) atoms. The van der Waals surface area contributed by atoms with Crippen LogP contribution in [0.15, 0.2) is 0 Å². The molecule has 0 radical (unpaired) electrons. The Hall–Kier alpha value is -0.305. The number of nitrogens with zero attached hydrogens (tertiary/aromatic N) is 1. The molecule has 0 aromatic rings. The van der Waals surface area contributed by atoms with Crippen LogP contribution in [0.2, 0.25) is 0 Å². The number of ketones is 1. The average molecular weight is 139 g/mol. The van der Waals surface area contributed by atoms with Gasteiger partial charge in [0.05, 0.1) is 6.54 Å². The Balaban J connectivity index is 2.22. The highest BCUT2D eigenvalue weighted by molar-refractivity contribution is 6.00. The maximum Gasteiger partial charge on any atom is 0.186 e. The van der Waals surface area contributed by atoms with Crippen molar-refractivity contribution in [2.24, 2.45) is 5.92 Å². The number of piperidine rings is 3. The molecule has 0 aliphatic carbocycles. The minimum absolute atomic E-state index is 0.351. The van der Waals surface area contributed by atoms with E-state index in [1.165, 1.54) is 30.3 Å². The van der Waals surface area contributed by atoms with Gasteiger partial charge in [0, 0.05) is 31.8 Å². The van der Waals surface area contributed by atoms with Gasteiger partial charge in [0.25, 0.3) is 0 Å². The van der Waals surface area contributed by atoms with E-state index >= 15 is 0 Å². The van der Waals surface area contributed by atoms with E-state index in [-0.39, 0.29) is 0 Å². The highest BCUT2D eigenvalue weighted by Gasteiger charge is 2.37. The van der Waals surface area contributed by atoms with Gasteiger partial charge in [-0.25, -0.2) is 0 Å². The van der Waals surface area contributed by atoms with Gasteiger partial charge in [-0.3, -0.25) is 4.79 Å². The van der Waals surface area contributed by atoms with Crippen molar-refractivity contribution in [2.45, 2.75) is 12.8 Å². The fourth-order valence-electron chi connectivity index (χ4n) is 1.76. The van der Waals surface area contributed by atoms with Crippen LogP contribution in [0.1, 0.15) is 12.8 Å². The van der Waals surface area contributed by atoms with Crippen LogP contribution in [0.3, 0.4) is 0 Å². The van der Waals surface area contributed by atoms with Gasteiger partial charge in [0.2, 0.25) is 0 Å². The zero-order valence-corrected chi connectivity index (χ0v) is 5.47. The molecule has 3 rings (SSSR count). The molecule has 3 heteroatoms. The van der Waals surface area contributed by atoms with E-state index in [2.05, 4.69) is 0 Å². The molecule has 0 aromatic carbocycles. The first-order chi connectivity index (χ1) is 4.70.